The van der Waals surface area contributed by atoms with Gasteiger partial charge in [0.05, 0.1) is 10.6 Å². The summed E-state index contributed by atoms with van der Waals surface area (Å²) in [4.78, 5) is 23.3. The highest BCUT2D eigenvalue weighted by Gasteiger charge is 2.21. The normalized spacial score (nSPS) is 12.0. The number of benzene rings is 1. The van der Waals surface area contributed by atoms with Crippen LogP contribution in [-0.2, 0) is 4.79 Å². The van der Waals surface area contributed by atoms with Crippen molar-refractivity contribution in [1.29, 1.82) is 0 Å². The van der Waals surface area contributed by atoms with Gasteiger partial charge in [0, 0.05) is 0 Å². The molecule has 0 aliphatic carbocycles. The number of aliphatic carboxylic acids is 1. The molecular formula is C15H20ClNO3. The lowest BCUT2D eigenvalue weighted by molar-refractivity contribution is -0.139. The molecule has 5 heteroatoms. The van der Waals surface area contributed by atoms with E-state index in [2.05, 4.69) is 5.32 Å². The van der Waals surface area contributed by atoms with Crippen molar-refractivity contribution in [3.8, 4) is 0 Å². The van der Waals surface area contributed by atoms with Crippen molar-refractivity contribution in [2.75, 3.05) is 0 Å². The number of hydrogen-bond acceptors (Lipinski definition) is 2. The van der Waals surface area contributed by atoms with Gasteiger partial charge in [-0.15, -0.1) is 0 Å². The van der Waals surface area contributed by atoms with Crippen LogP contribution in [0.1, 0.15) is 47.7 Å². The standard InChI is InChI=1S/C15H20ClNO3/c1-4-5-6-13(15(19)20)17-14(18)11-7-9(2)10(3)8-12(11)16/h7-8,13H,4-6H2,1-3H3,(H,17,18)(H,19,20). The van der Waals surface area contributed by atoms with E-state index in [0.29, 0.717) is 17.0 Å². The van der Waals surface area contributed by atoms with E-state index in [0.717, 1.165) is 24.0 Å². The molecular weight excluding hydrogens is 278 g/mol. The first-order valence-electron chi connectivity index (χ1n) is 6.67. The van der Waals surface area contributed by atoms with E-state index in [-0.39, 0.29) is 0 Å². The van der Waals surface area contributed by atoms with E-state index in [9.17, 15) is 9.59 Å². The Morgan fingerprint density at radius 1 is 1.30 bits per heavy atom. The summed E-state index contributed by atoms with van der Waals surface area (Å²) >= 11 is 6.06. The molecule has 0 spiro atoms. The number of halogens is 1. The number of carboxylic acids is 1. The lowest BCUT2D eigenvalue weighted by atomic mass is 10.0. The monoisotopic (exact) mass is 297 g/mol. The van der Waals surface area contributed by atoms with Crippen molar-refractivity contribution in [3.05, 3.63) is 33.8 Å². The molecule has 110 valence electrons. The molecule has 0 aromatic heterocycles. The van der Waals surface area contributed by atoms with Gasteiger partial charge in [-0.05, 0) is 43.5 Å². The average Bonchev–Trinajstić information content (AvgIpc) is 2.38. The zero-order valence-electron chi connectivity index (χ0n) is 12.0. The first-order chi connectivity index (χ1) is 9.36. The minimum absolute atomic E-state index is 0.317. The molecule has 1 atom stereocenters. The van der Waals surface area contributed by atoms with Gasteiger partial charge >= 0.3 is 5.97 Å². The summed E-state index contributed by atoms with van der Waals surface area (Å²) in [6, 6.07) is 2.53. The molecule has 20 heavy (non-hydrogen) atoms. The summed E-state index contributed by atoms with van der Waals surface area (Å²) in [6.45, 7) is 5.76. The highest BCUT2D eigenvalue weighted by Crippen LogP contribution is 2.21. The maximum absolute atomic E-state index is 12.1. The third kappa shape index (κ3) is 4.23. The minimum atomic E-state index is -1.02. The number of carbonyl (C=O) groups excluding carboxylic acids is 1. The number of unbranched alkanes of at least 4 members (excludes halogenated alkanes) is 1. The number of aryl methyl sites for hydroxylation is 2. The number of nitrogens with one attached hydrogen (secondary N) is 1. The van der Waals surface area contributed by atoms with Gasteiger partial charge in [0.25, 0.3) is 5.91 Å². The second-order valence-corrected chi connectivity index (χ2v) is 5.33. The summed E-state index contributed by atoms with van der Waals surface area (Å²) in [5.41, 5.74) is 2.25. The van der Waals surface area contributed by atoms with Crippen molar-refractivity contribution in [2.24, 2.45) is 0 Å². The van der Waals surface area contributed by atoms with Gasteiger partial charge in [0.2, 0.25) is 0 Å². The van der Waals surface area contributed by atoms with Crippen LogP contribution in [0.15, 0.2) is 12.1 Å². The molecule has 2 N–H and O–H groups in total. The van der Waals surface area contributed by atoms with Crippen LogP contribution in [0.25, 0.3) is 0 Å². The molecule has 0 radical (unpaired) electrons. The fourth-order valence-corrected chi connectivity index (χ4v) is 2.16. The maximum Gasteiger partial charge on any atom is 0.326 e. The second kappa shape index (κ2) is 7.29. The van der Waals surface area contributed by atoms with Crippen LogP contribution in [0.3, 0.4) is 0 Å². The van der Waals surface area contributed by atoms with Crippen LogP contribution < -0.4 is 5.32 Å². The molecule has 0 saturated carbocycles. The van der Waals surface area contributed by atoms with E-state index >= 15 is 0 Å². The fourth-order valence-electron chi connectivity index (χ4n) is 1.86. The van der Waals surface area contributed by atoms with Crippen LogP contribution in [-0.4, -0.2) is 23.0 Å². The molecule has 0 aliphatic heterocycles. The number of hydrogen-bond donors (Lipinski definition) is 2. The molecule has 4 nitrogen and oxygen atoms in total. The Balaban J connectivity index is 2.89. The van der Waals surface area contributed by atoms with Gasteiger partial charge in [-0.1, -0.05) is 31.4 Å². The molecule has 0 bridgehead atoms. The van der Waals surface area contributed by atoms with Gasteiger partial charge in [0.1, 0.15) is 6.04 Å². The van der Waals surface area contributed by atoms with Crippen molar-refractivity contribution < 1.29 is 14.7 Å². The molecule has 0 aliphatic rings. The average molecular weight is 298 g/mol. The van der Waals surface area contributed by atoms with E-state index in [1.165, 1.54) is 0 Å². The maximum atomic E-state index is 12.1. The Morgan fingerprint density at radius 3 is 2.45 bits per heavy atom. The van der Waals surface area contributed by atoms with Crippen molar-refractivity contribution in [1.82, 2.24) is 5.32 Å². The Bertz CT molecular complexity index is 514. The van der Waals surface area contributed by atoms with Crippen LogP contribution >= 0.6 is 11.6 Å². The summed E-state index contributed by atoms with van der Waals surface area (Å²) in [5, 5.41) is 12.0. The quantitative estimate of drug-likeness (QED) is 0.846. The zero-order valence-corrected chi connectivity index (χ0v) is 12.8. The third-order valence-electron chi connectivity index (χ3n) is 3.28. The third-order valence-corrected chi connectivity index (χ3v) is 3.59. The topological polar surface area (TPSA) is 66.4 Å². The van der Waals surface area contributed by atoms with Gasteiger partial charge in [-0.25, -0.2) is 4.79 Å². The number of carbonyl (C=O) groups is 2. The molecule has 1 unspecified atom stereocenters. The first kappa shape index (κ1) is 16.5. The largest absolute Gasteiger partial charge is 0.480 e. The SMILES string of the molecule is CCCCC(NC(=O)c1cc(C)c(C)cc1Cl)C(=O)O. The Labute approximate surface area is 124 Å². The molecule has 0 fully saturated rings. The number of carboxylic acid groups (broad SMARTS) is 1. The minimum Gasteiger partial charge on any atom is -0.480 e. The highest BCUT2D eigenvalue weighted by atomic mass is 35.5. The van der Waals surface area contributed by atoms with Crippen molar-refractivity contribution in [2.45, 2.75) is 46.1 Å². The summed E-state index contributed by atoms with van der Waals surface area (Å²) in [6.07, 6.45) is 2.04. The predicted molar refractivity (Wildman–Crippen MR) is 79.3 cm³/mol. The second-order valence-electron chi connectivity index (χ2n) is 4.92. The summed E-state index contributed by atoms with van der Waals surface area (Å²) < 4.78 is 0. The highest BCUT2D eigenvalue weighted by molar-refractivity contribution is 6.34. The fraction of sp³-hybridized carbons (Fsp3) is 0.467. The lowest BCUT2D eigenvalue weighted by Gasteiger charge is -2.15. The van der Waals surface area contributed by atoms with Crippen LogP contribution in [0.4, 0.5) is 0 Å². The molecule has 0 heterocycles. The Hall–Kier alpha value is -1.55. The van der Waals surface area contributed by atoms with Crippen molar-refractivity contribution in [3.63, 3.8) is 0 Å². The predicted octanol–water partition coefficient (Wildman–Crippen LogP) is 3.33. The first-order valence-corrected chi connectivity index (χ1v) is 7.05. The van der Waals surface area contributed by atoms with Crippen LogP contribution in [0, 0.1) is 13.8 Å². The smallest absolute Gasteiger partial charge is 0.326 e. The van der Waals surface area contributed by atoms with E-state index < -0.39 is 17.9 Å². The van der Waals surface area contributed by atoms with Gasteiger partial charge < -0.3 is 10.4 Å². The molecule has 1 aromatic rings. The number of rotatable bonds is 6. The van der Waals surface area contributed by atoms with Crippen molar-refractivity contribution >= 4 is 23.5 Å². The van der Waals surface area contributed by atoms with Gasteiger partial charge in [-0.2, -0.15) is 0 Å². The molecule has 1 amide bonds. The Morgan fingerprint density at radius 2 is 1.90 bits per heavy atom. The number of amides is 1. The van der Waals surface area contributed by atoms with E-state index in [1.807, 2.05) is 20.8 Å². The lowest BCUT2D eigenvalue weighted by Crippen LogP contribution is -2.40. The molecule has 0 saturated heterocycles. The Kier molecular flexibility index (Phi) is 6.02. The van der Waals surface area contributed by atoms with Gasteiger partial charge in [0.15, 0.2) is 0 Å². The molecule has 1 aromatic carbocycles. The van der Waals surface area contributed by atoms with E-state index in [1.54, 1.807) is 12.1 Å². The zero-order chi connectivity index (χ0) is 15.3. The van der Waals surface area contributed by atoms with E-state index in [4.69, 9.17) is 16.7 Å². The van der Waals surface area contributed by atoms with Gasteiger partial charge in [-0.3, -0.25) is 4.79 Å². The summed E-state index contributed by atoms with van der Waals surface area (Å²) in [5.74, 6) is -1.46. The van der Waals surface area contributed by atoms with Crippen LogP contribution in [0.2, 0.25) is 5.02 Å². The summed E-state index contributed by atoms with van der Waals surface area (Å²) in [7, 11) is 0. The van der Waals surface area contributed by atoms with Crippen LogP contribution in [0.5, 0.6) is 0 Å². The molecule has 1 rings (SSSR count).